The summed E-state index contributed by atoms with van der Waals surface area (Å²) in [5.41, 5.74) is 3.21. The minimum Gasteiger partial charge on any atom is -0.420 e. The third-order valence-corrected chi connectivity index (χ3v) is 4.18. The van der Waals surface area contributed by atoms with E-state index in [9.17, 15) is 18.4 Å². The zero-order valence-corrected chi connectivity index (χ0v) is 16.2. The molecule has 10 heteroatoms. The lowest BCUT2D eigenvalue weighted by molar-refractivity contribution is -0.0964. The summed E-state index contributed by atoms with van der Waals surface area (Å²) >= 11 is 4.73. The van der Waals surface area contributed by atoms with Crippen LogP contribution in [0.25, 0.3) is 11.0 Å². The quantitative estimate of drug-likeness (QED) is 0.583. The average molecular weight is 423 g/mol. The van der Waals surface area contributed by atoms with Crippen LogP contribution < -0.4 is 15.8 Å². The van der Waals surface area contributed by atoms with Gasteiger partial charge in [0.15, 0.2) is 0 Å². The van der Waals surface area contributed by atoms with Crippen LogP contribution in [0.3, 0.4) is 0 Å². The molecule has 0 unspecified atom stereocenters. The molecule has 0 fully saturated rings. The van der Waals surface area contributed by atoms with Crippen molar-refractivity contribution in [2.24, 2.45) is 5.73 Å². The van der Waals surface area contributed by atoms with E-state index in [0.29, 0.717) is 16.7 Å². The van der Waals surface area contributed by atoms with Crippen molar-refractivity contribution in [2.45, 2.75) is 25.5 Å². The lowest BCUT2D eigenvalue weighted by Gasteiger charge is -2.14. The summed E-state index contributed by atoms with van der Waals surface area (Å²) in [5.74, 6) is -1.38. The van der Waals surface area contributed by atoms with Crippen molar-refractivity contribution in [3.05, 3.63) is 53.9 Å². The van der Waals surface area contributed by atoms with Crippen LogP contribution in [-0.4, -0.2) is 26.9 Å². The number of nitrogens with zero attached hydrogens (tertiary/aromatic N) is 2. The van der Waals surface area contributed by atoms with E-state index in [1.54, 1.807) is 10.9 Å². The van der Waals surface area contributed by atoms with Crippen LogP contribution in [0.4, 0.5) is 14.5 Å². The van der Waals surface area contributed by atoms with E-state index < -0.39 is 17.4 Å². The Labute approximate surface area is 169 Å². The van der Waals surface area contributed by atoms with E-state index in [1.165, 1.54) is 36.4 Å². The largest absolute Gasteiger partial charge is 0.487 e. The van der Waals surface area contributed by atoms with Crippen molar-refractivity contribution in [3.63, 3.8) is 0 Å². The zero-order chi connectivity index (χ0) is 21.3. The lowest BCUT2D eigenvalue weighted by atomic mass is 10.1. The highest BCUT2D eigenvalue weighted by atomic mass is 35.5. The van der Waals surface area contributed by atoms with Crippen molar-refractivity contribution in [2.75, 3.05) is 5.32 Å². The number of nitrogens with two attached hydrogens (primary N) is 1. The molecule has 3 N–H and O–H groups in total. The van der Waals surface area contributed by atoms with E-state index in [2.05, 4.69) is 15.0 Å². The average Bonchev–Trinajstić information content (AvgIpc) is 3.05. The molecule has 2 aromatic carbocycles. The Balaban J connectivity index is 1.95. The fourth-order valence-corrected chi connectivity index (χ4v) is 2.91. The van der Waals surface area contributed by atoms with Crippen LogP contribution in [0, 0.1) is 0 Å². The van der Waals surface area contributed by atoms with Gasteiger partial charge in [-0.25, -0.2) is 4.98 Å². The molecule has 0 bridgehead atoms. The summed E-state index contributed by atoms with van der Waals surface area (Å²) in [6.45, 7) is 3.85. The number of halogens is 3. The minimum atomic E-state index is -3.83. The number of imidazole rings is 1. The SMILES string of the molecule is CC(C)n1cnc2cc(C(N)=O)cc(C(=O)Nc3ccc(OC(F)(F)Cl)cc3)c21. The Morgan fingerprint density at radius 2 is 1.90 bits per heavy atom. The molecule has 0 saturated carbocycles. The molecular formula is C19H17ClF2N4O3. The Hall–Kier alpha value is -3.20. The highest BCUT2D eigenvalue weighted by Crippen LogP contribution is 2.27. The predicted molar refractivity (Wildman–Crippen MR) is 104 cm³/mol. The first-order valence-electron chi connectivity index (χ1n) is 8.52. The second-order valence-corrected chi connectivity index (χ2v) is 6.97. The number of aromatic nitrogens is 2. The number of amides is 2. The molecule has 3 aromatic rings. The maximum atomic E-state index is 12.9. The summed E-state index contributed by atoms with van der Waals surface area (Å²) in [6.07, 6.45) is 1.58. The number of fused-ring (bicyclic) bond motifs is 1. The van der Waals surface area contributed by atoms with Crippen LogP contribution in [0.2, 0.25) is 0 Å². The number of alkyl halides is 3. The van der Waals surface area contributed by atoms with Gasteiger partial charge in [0.05, 0.1) is 22.9 Å². The fraction of sp³-hybridized carbons (Fsp3) is 0.211. The van der Waals surface area contributed by atoms with Gasteiger partial charge in [-0.15, -0.1) is 8.78 Å². The van der Waals surface area contributed by atoms with Crippen molar-refractivity contribution >= 4 is 40.1 Å². The minimum absolute atomic E-state index is 0.0135. The van der Waals surface area contributed by atoms with Gasteiger partial charge in [0, 0.05) is 28.9 Å². The smallest absolute Gasteiger partial charge is 0.420 e. The molecule has 1 aromatic heterocycles. The van der Waals surface area contributed by atoms with Gasteiger partial charge in [-0.05, 0) is 50.2 Å². The monoisotopic (exact) mass is 422 g/mol. The molecule has 2 amide bonds. The van der Waals surface area contributed by atoms with E-state index in [1.807, 2.05) is 13.8 Å². The second-order valence-electron chi connectivity index (χ2n) is 6.53. The second kappa shape index (κ2) is 7.67. The van der Waals surface area contributed by atoms with Crippen LogP contribution >= 0.6 is 11.6 Å². The molecule has 0 aliphatic rings. The maximum absolute atomic E-state index is 12.9. The number of benzene rings is 2. The number of primary amides is 1. The number of ether oxygens (including phenoxy) is 1. The highest BCUT2D eigenvalue weighted by molar-refractivity contribution is 6.20. The highest BCUT2D eigenvalue weighted by Gasteiger charge is 2.27. The van der Waals surface area contributed by atoms with Crippen molar-refractivity contribution in [3.8, 4) is 5.75 Å². The first kappa shape index (κ1) is 20.5. The van der Waals surface area contributed by atoms with E-state index in [-0.39, 0.29) is 22.9 Å². The number of rotatable bonds is 6. The summed E-state index contributed by atoms with van der Waals surface area (Å²) in [5, 5.41) is 2.65. The Morgan fingerprint density at radius 3 is 2.45 bits per heavy atom. The van der Waals surface area contributed by atoms with E-state index >= 15 is 0 Å². The summed E-state index contributed by atoms with van der Waals surface area (Å²) in [6, 6.07) is 8.16. The molecule has 0 atom stereocenters. The van der Waals surface area contributed by atoms with Crippen LogP contribution in [0.5, 0.6) is 5.75 Å². The van der Waals surface area contributed by atoms with Crippen molar-refractivity contribution < 1.29 is 23.1 Å². The first-order chi connectivity index (χ1) is 13.5. The molecule has 152 valence electrons. The Bertz CT molecular complexity index is 1080. The van der Waals surface area contributed by atoms with Gasteiger partial charge < -0.3 is 20.4 Å². The third kappa shape index (κ3) is 4.62. The molecule has 0 radical (unpaired) electrons. The fourth-order valence-electron chi connectivity index (χ4n) is 2.82. The maximum Gasteiger partial charge on any atom is 0.487 e. The van der Waals surface area contributed by atoms with Crippen molar-refractivity contribution in [1.29, 1.82) is 0 Å². The molecule has 7 nitrogen and oxygen atoms in total. The summed E-state index contributed by atoms with van der Waals surface area (Å²) in [4.78, 5) is 28.8. The Morgan fingerprint density at radius 1 is 1.24 bits per heavy atom. The molecular weight excluding hydrogens is 406 g/mol. The number of nitrogens with one attached hydrogen (secondary N) is 1. The summed E-state index contributed by atoms with van der Waals surface area (Å²) < 4.78 is 31.4. The number of anilines is 1. The molecule has 3 rings (SSSR count). The normalized spacial score (nSPS) is 11.7. The number of hydrogen-bond acceptors (Lipinski definition) is 4. The van der Waals surface area contributed by atoms with E-state index in [0.717, 1.165) is 0 Å². The molecule has 29 heavy (non-hydrogen) atoms. The van der Waals surface area contributed by atoms with Gasteiger partial charge in [0.25, 0.3) is 5.91 Å². The Kier molecular flexibility index (Phi) is 5.43. The molecule has 0 aliphatic carbocycles. The van der Waals surface area contributed by atoms with Gasteiger partial charge in [-0.3, -0.25) is 9.59 Å². The molecule has 0 spiro atoms. The van der Waals surface area contributed by atoms with Gasteiger partial charge >= 0.3 is 5.57 Å². The molecule has 1 heterocycles. The first-order valence-corrected chi connectivity index (χ1v) is 8.90. The van der Waals surface area contributed by atoms with E-state index in [4.69, 9.17) is 17.3 Å². The lowest BCUT2D eigenvalue weighted by Crippen LogP contribution is -2.17. The van der Waals surface area contributed by atoms with Crippen LogP contribution in [-0.2, 0) is 0 Å². The number of carbonyl (C=O) groups is 2. The zero-order valence-electron chi connectivity index (χ0n) is 15.4. The van der Waals surface area contributed by atoms with Crippen LogP contribution in [0.1, 0.15) is 40.6 Å². The topological polar surface area (TPSA) is 99.2 Å². The van der Waals surface area contributed by atoms with Gasteiger partial charge in [-0.2, -0.15) is 0 Å². The van der Waals surface area contributed by atoms with Gasteiger partial charge in [-0.1, -0.05) is 0 Å². The summed E-state index contributed by atoms with van der Waals surface area (Å²) in [7, 11) is 0. The van der Waals surface area contributed by atoms with Crippen LogP contribution in [0.15, 0.2) is 42.7 Å². The van der Waals surface area contributed by atoms with Gasteiger partial charge in [0.2, 0.25) is 5.91 Å². The molecule has 0 saturated heterocycles. The third-order valence-electron chi connectivity index (χ3n) is 4.10. The number of hydrogen-bond donors (Lipinski definition) is 2. The standard InChI is InChI=1S/C19H17ClF2N4O3/c1-10(2)26-9-24-15-8-11(17(23)27)7-14(16(15)26)18(28)25-12-3-5-13(6-4-12)29-19(20,21)22/h3-10H,1-2H3,(H2,23,27)(H,25,28). The van der Waals surface area contributed by atoms with Crippen molar-refractivity contribution in [1.82, 2.24) is 9.55 Å². The number of carbonyl (C=O) groups excluding carboxylic acids is 2. The predicted octanol–water partition coefficient (Wildman–Crippen LogP) is 4.14. The van der Waals surface area contributed by atoms with Gasteiger partial charge in [0.1, 0.15) is 5.75 Å². The molecule has 0 aliphatic heterocycles.